The van der Waals surface area contributed by atoms with Crippen LogP contribution in [0.4, 0.5) is 0 Å². The molecule has 3 heteroatoms. The predicted molar refractivity (Wildman–Crippen MR) is 107 cm³/mol. The lowest BCUT2D eigenvalue weighted by Crippen LogP contribution is -2.45. The number of benzene rings is 2. The molecule has 136 valence electrons. The van der Waals surface area contributed by atoms with Gasteiger partial charge in [-0.1, -0.05) is 48.6 Å². The Bertz CT molecular complexity index is 761. The molecule has 4 rings (SSSR count). The van der Waals surface area contributed by atoms with E-state index in [2.05, 4.69) is 58.4 Å². The van der Waals surface area contributed by atoms with Gasteiger partial charge in [0.05, 0.1) is 0 Å². The Morgan fingerprint density at radius 3 is 2.35 bits per heavy atom. The van der Waals surface area contributed by atoms with Gasteiger partial charge in [-0.3, -0.25) is 9.80 Å². The third-order valence-electron chi connectivity index (χ3n) is 5.63. The normalized spacial score (nSPS) is 18.5. The number of hydrogen-bond acceptors (Lipinski definition) is 3. The summed E-state index contributed by atoms with van der Waals surface area (Å²) >= 11 is 0. The maximum absolute atomic E-state index is 10.3. The lowest BCUT2D eigenvalue weighted by molar-refractivity contribution is 0.136. The molecule has 1 fully saturated rings. The Morgan fingerprint density at radius 1 is 0.885 bits per heavy atom. The van der Waals surface area contributed by atoms with Gasteiger partial charge in [0.25, 0.3) is 0 Å². The summed E-state index contributed by atoms with van der Waals surface area (Å²) in [5.41, 5.74) is 5.16. The molecule has 0 saturated carbocycles. The highest BCUT2D eigenvalue weighted by molar-refractivity contribution is 5.48. The first-order valence-electron chi connectivity index (χ1n) is 9.78. The fourth-order valence-corrected chi connectivity index (χ4v) is 4.06. The third-order valence-corrected chi connectivity index (χ3v) is 5.63. The van der Waals surface area contributed by atoms with E-state index in [1.807, 2.05) is 6.07 Å². The van der Waals surface area contributed by atoms with Gasteiger partial charge in [0.15, 0.2) is 0 Å². The van der Waals surface area contributed by atoms with Crippen molar-refractivity contribution in [2.75, 3.05) is 32.7 Å². The minimum Gasteiger partial charge on any atom is -0.508 e. The minimum atomic E-state index is 0.485. The molecule has 26 heavy (non-hydrogen) atoms. The Labute approximate surface area is 156 Å². The quantitative estimate of drug-likeness (QED) is 0.892. The number of piperazine rings is 1. The molecule has 1 heterocycles. The zero-order valence-corrected chi connectivity index (χ0v) is 15.4. The number of hydrogen-bond donors (Lipinski definition) is 1. The van der Waals surface area contributed by atoms with Crippen molar-refractivity contribution >= 4 is 6.08 Å². The fourth-order valence-electron chi connectivity index (χ4n) is 4.06. The molecule has 0 atom stereocenters. The van der Waals surface area contributed by atoms with E-state index in [1.165, 1.54) is 29.5 Å². The van der Waals surface area contributed by atoms with E-state index in [-0.39, 0.29) is 0 Å². The minimum absolute atomic E-state index is 0.485. The average molecular weight is 348 g/mol. The Hall–Kier alpha value is -2.10. The van der Waals surface area contributed by atoms with Crippen molar-refractivity contribution in [3.63, 3.8) is 0 Å². The smallest absolute Gasteiger partial charge is 0.120 e. The van der Waals surface area contributed by atoms with Crippen LogP contribution in [-0.2, 0) is 19.4 Å². The van der Waals surface area contributed by atoms with Crippen molar-refractivity contribution in [2.45, 2.75) is 25.8 Å². The number of phenols is 1. The van der Waals surface area contributed by atoms with Crippen LogP contribution in [0.3, 0.4) is 0 Å². The molecule has 1 aliphatic heterocycles. The first kappa shape index (κ1) is 17.3. The number of aromatic hydroxyl groups is 1. The van der Waals surface area contributed by atoms with E-state index >= 15 is 0 Å². The van der Waals surface area contributed by atoms with Gasteiger partial charge >= 0.3 is 0 Å². The highest BCUT2D eigenvalue weighted by Gasteiger charge is 2.19. The van der Waals surface area contributed by atoms with Crippen LogP contribution in [0.2, 0.25) is 0 Å². The zero-order chi connectivity index (χ0) is 17.8. The van der Waals surface area contributed by atoms with Crippen LogP contribution in [0, 0.1) is 0 Å². The molecular weight excluding hydrogens is 320 g/mol. The van der Waals surface area contributed by atoms with Crippen LogP contribution in [0.15, 0.2) is 48.5 Å². The van der Waals surface area contributed by atoms with Crippen molar-refractivity contribution in [2.24, 2.45) is 0 Å². The van der Waals surface area contributed by atoms with Crippen LogP contribution >= 0.6 is 0 Å². The van der Waals surface area contributed by atoms with Crippen LogP contribution in [0.1, 0.15) is 28.7 Å². The molecule has 1 N–H and O–H groups in total. The van der Waals surface area contributed by atoms with Gasteiger partial charge < -0.3 is 5.11 Å². The average Bonchev–Trinajstić information content (AvgIpc) is 3.11. The van der Waals surface area contributed by atoms with Crippen molar-refractivity contribution in [3.05, 3.63) is 70.8 Å². The number of fused-ring (bicyclic) bond motifs is 1. The van der Waals surface area contributed by atoms with Gasteiger partial charge in [-0.25, -0.2) is 0 Å². The van der Waals surface area contributed by atoms with Crippen LogP contribution in [0.5, 0.6) is 5.75 Å². The van der Waals surface area contributed by atoms with E-state index in [0.29, 0.717) is 5.75 Å². The predicted octanol–water partition coefficient (Wildman–Crippen LogP) is 3.71. The van der Waals surface area contributed by atoms with Crippen LogP contribution in [0.25, 0.3) is 6.08 Å². The summed E-state index contributed by atoms with van der Waals surface area (Å²) in [6, 6.07) is 14.7. The monoisotopic (exact) mass is 348 g/mol. The van der Waals surface area contributed by atoms with E-state index in [0.717, 1.165) is 51.3 Å². The molecule has 0 bridgehead atoms. The maximum Gasteiger partial charge on any atom is 0.120 e. The molecule has 2 aliphatic rings. The molecule has 2 aromatic carbocycles. The first-order valence-corrected chi connectivity index (χ1v) is 9.78. The Kier molecular flexibility index (Phi) is 5.37. The molecule has 0 radical (unpaired) electrons. The molecular formula is C23H28N2O. The molecule has 0 unspecified atom stereocenters. The molecule has 1 saturated heterocycles. The van der Waals surface area contributed by atoms with Crippen molar-refractivity contribution in [1.82, 2.24) is 9.80 Å². The van der Waals surface area contributed by atoms with E-state index < -0.39 is 0 Å². The summed E-state index contributed by atoms with van der Waals surface area (Å²) in [7, 11) is 0. The molecule has 2 aromatic rings. The number of nitrogens with zero attached hydrogens (tertiary/aromatic N) is 2. The summed E-state index contributed by atoms with van der Waals surface area (Å²) in [5, 5.41) is 10.3. The third kappa shape index (κ3) is 4.17. The highest BCUT2D eigenvalue weighted by atomic mass is 16.3. The van der Waals surface area contributed by atoms with Crippen molar-refractivity contribution in [1.29, 1.82) is 0 Å². The topological polar surface area (TPSA) is 26.7 Å². The Morgan fingerprint density at radius 2 is 1.58 bits per heavy atom. The molecule has 1 aliphatic carbocycles. The summed E-state index contributed by atoms with van der Waals surface area (Å²) in [6.07, 6.45) is 7.99. The highest BCUT2D eigenvalue weighted by Crippen LogP contribution is 2.30. The van der Waals surface area contributed by atoms with Crippen LogP contribution in [-0.4, -0.2) is 47.6 Å². The molecule has 0 aromatic heterocycles. The van der Waals surface area contributed by atoms with Crippen LogP contribution < -0.4 is 0 Å². The zero-order valence-electron chi connectivity index (χ0n) is 15.4. The van der Waals surface area contributed by atoms with E-state index in [1.54, 1.807) is 0 Å². The van der Waals surface area contributed by atoms with E-state index in [4.69, 9.17) is 0 Å². The van der Waals surface area contributed by atoms with Gasteiger partial charge in [0.2, 0.25) is 0 Å². The largest absolute Gasteiger partial charge is 0.508 e. The molecule has 0 spiro atoms. The van der Waals surface area contributed by atoms with Crippen molar-refractivity contribution in [3.8, 4) is 5.75 Å². The second-order valence-corrected chi connectivity index (χ2v) is 7.49. The van der Waals surface area contributed by atoms with Gasteiger partial charge in [-0.2, -0.15) is 0 Å². The second kappa shape index (κ2) is 8.07. The second-order valence-electron chi connectivity index (χ2n) is 7.49. The standard InChI is InChI=1S/C23H28N2O/c26-23-17-21-10-4-9-20(21)16-22(23)18-25-14-12-24(13-15-25)11-5-8-19-6-2-1-3-7-19/h1-3,5-8,16-17,26H,4,9-15,18H2. The Balaban J connectivity index is 1.27. The lowest BCUT2D eigenvalue weighted by atomic mass is 10.0. The molecule has 3 nitrogen and oxygen atoms in total. The number of phenolic OH excluding ortho intramolecular Hbond substituents is 1. The number of rotatable bonds is 5. The number of aryl methyl sites for hydroxylation is 2. The first-order chi connectivity index (χ1) is 12.8. The SMILES string of the molecule is Oc1cc2c(cc1CN1CCN(CC=Cc3ccccc3)CC1)CCC2. The summed E-state index contributed by atoms with van der Waals surface area (Å²) in [5.74, 6) is 0.485. The van der Waals surface area contributed by atoms with Gasteiger partial charge in [-0.15, -0.1) is 0 Å². The van der Waals surface area contributed by atoms with Gasteiger partial charge in [-0.05, 0) is 42.0 Å². The lowest BCUT2D eigenvalue weighted by Gasteiger charge is -2.34. The maximum atomic E-state index is 10.3. The van der Waals surface area contributed by atoms with Gasteiger partial charge in [0.1, 0.15) is 5.75 Å². The van der Waals surface area contributed by atoms with Crippen molar-refractivity contribution < 1.29 is 5.11 Å². The van der Waals surface area contributed by atoms with E-state index in [9.17, 15) is 5.11 Å². The summed E-state index contributed by atoms with van der Waals surface area (Å²) in [6.45, 7) is 6.18. The summed E-state index contributed by atoms with van der Waals surface area (Å²) in [4.78, 5) is 4.96. The summed E-state index contributed by atoms with van der Waals surface area (Å²) < 4.78 is 0. The molecule has 0 amide bonds. The fraction of sp³-hybridized carbons (Fsp3) is 0.391. The van der Waals surface area contributed by atoms with Gasteiger partial charge in [0, 0.05) is 44.8 Å².